The molecule has 0 amide bonds. The van der Waals surface area contributed by atoms with Crippen LogP contribution in [0.15, 0.2) is 60.2 Å². The molecule has 94 valence electrons. The molecule has 0 fully saturated rings. The van der Waals surface area contributed by atoms with Gasteiger partial charge < -0.3 is 0 Å². The Morgan fingerprint density at radius 3 is 2.16 bits per heavy atom. The molecule has 0 atom stereocenters. The number of aldehydes is 1. The van der Waals surface area contributed by atoms with E-state index in [2.05, 4.69) is 24.3 Å². The zero-order valence-electron chi connectivity index (χ0n) is 10.9. The molecule has 2 aromatic rings. The Hall–Kier alpha value is -2.41. The molecule has 2 rings (SSSR count). The number of hydrogen-bond donors (Lipinski definition) is 0. The quantitative estimate of drug-likeness (QED) is 0.443. The molecule has 2 aromatic carbocycles. The smallest absolute Gasteiger partial charge is 0.145 e. The lowest BCUT2D eigenvalue weighted by molar-refractivity contribution is -0.104. The van der Waals surface area contributed by atoms with Crippen molar-refractivity contribution in [2.24, 2.45) is 0 Å². The van der Waals surface area contributed by atoms with Gasteiger partial charge in [0, 0.05) is 0 Å². The zero-order valence-corrected chi connectivity index (χ0v) is 10.9. The minimum atomic E-state index is 0.723. The molecule has 1 heteroatoms. The molecule has 0 spiro atoms. The van der Waals surface area contributed by atoms with Gasteiger partial charge in [-0.1, -0.05) is 66.7 Å². The summed E-state index contributed by atoms with van der Waals surface area (Å²) in [7, 11) is 0. The van der Waals surface area contributed by atoms with Gasteiger partial charge in [0.2, 0.25) is 0 Å². The number of benzene rings is 2. The molecular formula is C18H16O. The summed E-state index contributed by atoms with van der Waals surface area (Å²) >= 11 is 0. The fourth-order valence-corrected chi connectivity index (χ4v) is 1.82. The van der Waals surface area contributed by atoms with Crippen molar-refractivity contribution in [1.82, 2.24) is 0 Å². The van der Waals surface area contributed by atoms with Crippen LogP contribution < -0.4 is 0 Å². The van der Waals surface area contributed by atoms with E-state index in [4.69, 9.17) is 0 Å². The van der Waals surface area contributed by atoms with Crippen molar-refractivity contribution in [2.45, 2.75) is 6.92 Å². The van der Waals surface area contributed by atoms with E-state index >= 15 is 0 Å². The van der Waals surface area contributed by atoms with Gasteiger partial charge in [0.25, 0.3) is 0 Å². The first-order valence-corrected chi connectivity index (χ1v) is 6.25. The van der Waals surface area contributed by atoms with E-state index in [-0.39, 0.29) is 0 Å². The largest absolute Gasteiger partial charge is 0.298 e. The molecule has 0 saturated heterocycles. The second kappa shape index (κ2) is 6.50. The van der Waals surface area contributed by atoms with Crippen LogP contribution in [0.4, 0.5) is 0 Å². The summed E-state index contributed by atoms with van der Waals surface area (Å²) in [4.78, 5) is 10.7. The minimum Gasteiger partial charge on any atom is -0.298 e. The molecule has 0 aromatic heterocycles. The van der Waals surface area contributed by atoms with E-state index in [9.17, 15) is 4.79 Å². The van der Waals surface area contributed by atoms with Gasteiger partial charge in [-0.05, 0) is 35.3 Å². The SMILES string of the molecule is C/C(C=O)=C\c1ccccc1C=Cc1ccccc1. The molecule has 0 heterocycles. The van der Waals surface area contributed by atoms with Gasteiger partial charge in [-0.2, -0.15) is 0 Å². The molecule has 0 radical (unpaired) electrons. The average Bonchev–Trinajstić information content (AvgIpc) is 2.47. The van der Waals surface area contributed by atoms with E-state index in [1.165, 1.54) is 0 Å². The lowest BCUT2D eigenvalue weighted by Gasteiger charge is -2.01. The predicted octanol–water partition coefficient (Wildman–Crippen LogP) is 4.46. The molecule has 0 aliphatic rings. The van der Waals surface area contributed by atoms with Gasteiger partial charge >= 0.3 is 0 Å². The highest BCUT2D eigenvalue weighted by Crippen LogP contribution is 2.16. The summed E-state index contributed by atoms with van der Waals surface area (Å²) in [5.41, 5.74) is 4.04. The Bertz CT molecular complexity index is 607. The van der Waals surface area contributed by atoms with Crippen LogP contribution in [0.1, 0.15) is 23.6 Å². The number of hydrogen-bond acceptors (Lipinski definition) is 1. The number of rotatable bonds is 4. The molecule has 0 bridgehead atoms. The Labute approximate surface area is 113 Å². The summed E-state index contributed by atoms with van der Waals surface area (Å²) in [6.07, 6.45) is 6.91. The van der Waals surface area contributed by atoms with Crippen LogP contribution in [-0.2, 0) is 4.79 Å². The van der Waals surface area contributed by atoms with Gasteiger partial charge in [0.1, 0.15) is 6.29 Å². The van der Waals surface area contributed by atoms with Crippen molar-refractivity contribution in [3.05, 3.63) is 76.9 Å². The average molecular weight is 248 g/mol. The van der Waals surface area contributed by atoms with Gasteiger partial charge in [0.05, 0.1) is 0 Å². The zero-order chi connectivity index (χ0) is 13.5. The fourth-order valence-electron chi connectivity index (χ4n) is 1.82. The van der Waals surface area contributed by atoms with E-state index in [1.54, 1.807) is 0 Å². The van der Waals surface area contributed by atoms with E-state index < -0.39 is 0 Å². The van der Waals surface area contributed by atoms with Crippen LogP contribution in [0.2, 0.25) is 0 Å². The van der Waals surface area contributed by atoms with E-state index in [1.807, 2.05) is 55.5 Å². The Balaban J connectivity index is 2.31. The van der Waals surface area contributed by atoms with Crippen LogP contribution in [0, 0.1) is 0 Å². The Morgan fingerprint density at radius 2 is 1.47 bits per heavy atom. The minimum absolute atomic E-state index is 0.723. The number of carbonyl (C=O) groups is 1. The topological polar surface area (TPSA) is 17.1 Å². The molecule has 0 N–H and O–H groups in total. The second-order valence-electron chi connectivity index (χ2n) is 4.38. The first-order chi connectivity index (χ1) is 9.29. The molecular weight excluding hydrogens is 232 g/mol. The van der Waals surface area contributed by atoms with Gasteiger partial charge in [-0.25, -0.2) is 0 Å². The Kier molecular flexibility index (Phi) is 4.46. The second-order valence-corrected chi connectivity index (χ2v) is 4.38. The summed E-state index contributed by atoms with van der Waals surface area (Å²) in [5, 5.41) is 0. The predicted molar refractivity (Wildman–Crippen MR) is 81.5 cm³/mol. The van der Waals surface area contributed by atoms with Crippen molar-refractivity contribution in [3.8, 4) is 0 Å². The van der Waals surface area contributed by atoms with Crippen LogP contribution in [0.25, 0.3) is 18.2 Å². The van der Waals surface area contributed by atoms with Crippen molar-refractivity contribution in [3.63, 3.8) is 0 Å². The monoisotopic (exact) mass is 248 g/mol. The molecule has 0 unspecified atom stereocenters. The maximum Gasteiger partial charge on any atom is 0.145 e. The molecule has 0 aliphatic heterocycles. The first kappa shape index (κ1) is 13.0. The normalized spacial score (nSPS) is 11.7. The van der Waals surface area contributed by atoms with E-state index in [0.717, 1.165) is 28.5 Å². The van der Waals surface area contributed by atoms with Crippen molar-refractivity contribution in [1.29, 1.82) is 0 Å². The third-order valence-corrected chi connectivity index (χ3v) is 2.82. The Morgan fingerprint density at radius 1 is 0.842 bits per heavy atom. The highest BCUT2D eigenvalue weighted by atomic mass is 16.1. The molecule has 0 saturated carbocycles. The van der Waals surface area contributed by atoms with Crippen LogP contribution in [0.5, 0.6) is 0 Å². The summed E-state index contributed by atoms with van der Waals surface area (Å²) in [6.45, 7) is 1.81. The molecule has 19 heavy (non-hydrogen) atoms. The van der Waals surface area contributed by atoms with Crippen LogP contribution in [-0.4, -0.2) is 6.29 Å². The first-order valence-electron chi connectivity index (χ1n) is 6.25. The molecule has 1 nitrogen and oxygen atoms in total. The third-order valence-electron chi connectivity index (χ3n) is 2.82. The lowest BCUT2D eigenvalue weighted by atomic mass is 10.0. The standard InChI is InChI=1S/C18H16O/c1-15(14-19)13-18-10-6-5-9-17(18)12-11-16-7-3-2-4-8-16/h2-14H,1H3/b12-11?,15-13+. The fraction of sp³-hybridized carbons (Fsp3) is 0.0556. The maximum absolute atomic E-state index is 10.7. The molecule has 0 aliphatic carbocycles. The van der Waals surface area contributed by atoms with E-state index in [0.29, 0.717) is 0 Å². The van der Waals surface area contributed by atoms with Gasteiger partial charge in [0.15, 0.2) is 0 Å². The summed E-state index contributed by atoms with van der Waals surface area (Å²) < 4.78 is 0. The summed E-state index contributed by atoms with van der Waals surface area (Å²) in [6, 6.07) is 18.2. The van der Waals surface area contributed by atoms with Crippen molar-refractivity contribution < 1.29 is 4.79 Å². The van der Waals surface area contributed by atoms with Gasteiger partial charge in [-0.3, -0.25) is 4.79 Å². The van der Waals surface area contributed by atoms with Crippen LogP contribution >= 0.6 is 0 Å². The maximum atomic E-state index is 10.7. The lowest BCUT2D eigenvalue weighted by Crippen LogP contribution is -1.83. The summed E-state index contributed by atoms with van der Waals surface area (Å²) in [5.74, 6) is 0. The van der Waals surface area contributed by atoms with Gasteiger partial charge in [-0.15, -0.1) is 0 Å². The highest BCUT2D eigenvalue weighted by molar-refractivity contribution is 5.84. The number of allylic oxidation sites excluding steroid dienone is 1. The number of carbonyl (C=O) groups excluding carboxylic acids is 1. The van der Waals surface area contributed by atoms with Crippen molar-refractivity contribution in [2.75, 3.05) is 0 Å². The van der Waals surface area contributed by atoms with Crippen molar-refractivity contribution >= 4 is 24.5 Å². The van der Waals surface area contributed by atoms with Crippen LogP contribution in [0.3, 0.4) is 0 Å². The highest BCUT2D eigenvalue weighted by Gasteiger charge is 1.96. The third kappa shape index (κ3) is 3.78.